The van der Waals surface area contributed by atoms with Crippen molar-refractivity contribution in [2.24, 2.45) is 0 Å². The van der Waals surface area contributed by atoms with Gasteiger partial charge in [0.15, 0.2) is 11.6 Å². The number of Topliss-reactive ketones (excluding diaryl/α,β-unsaturated/α-hetero) is 2. The molecule has 0 aromatic heterocycles. The summed E-state index contributed by atoms with van der Waals surface area (Å²) in [6.07, 6.45) is 0.519. The summed E-state index contributed by atoms with van der Waals surface area (Å²) in [6, 6.07) is 14.9. The SMILES string of the molecule is Cc1ccc(C(=O)CCC(=O)c2ccc(C)cc2)cc1. The van der Waals surface area contributed by atoms with Crippen LogP contribution < -0.4 is 0 Å². The third kappa shape index (κ3) is 3.64. The lowest BCUT2D eigenvalue weighted by atomic mass is 10.0. The van der Waals surface area contributed by atoms with E-state index in [1.54, 1.807) is 0 Å². The molecule has 102 valence electrons. The van der Waals surface area contributed by atoms with Gasteiger partial charge in [-0.3, -0.25) is 9.59 Å². The first kappa shape index (κ1) is 14.2. The number of carbonyl (C=O) groups excluding carboxylic acids is 2. The van der Waals surface area contributed by atoms with E-state index in [4.69, 9.17) is 0 Å². The van der Waals surface area contributed by atoms with Crippen LogP contribution in [0, 0.1) is 13.8 Å². The first-order valence-corrected chi connectivity index (χ1v) is 6.76. The van der Waals surface area contributed by atoms with Crippen molar-refractivity contribution < 1.29 is 9.59 Å². The highest BCUT2D eigenvalue weighted by Gasteiger charge is 2.10. The highest BCUT2D eigenvalue weighted by atomic mass is 16.1. The zero-order valence-corrected chi connectivity index (χ0v) is 11.8. The van der Waals surface area contributed by atoms with Gasteiger partial charge in [-0.2, -0.15) is 0 Å². The van der Waals surface area contributed by atoms with E-state index in [0.29, 0.717) is 11.1 Å². The second-order valence-electron chi connectivity index (χ2n) is 5.08. The maximum absolute atomic E-state index is 12.0. The molecule has 0 saturated heterocycles. The van der Waals surface area contributed by atoms with Crippen LogP contribution in [0.2, 0.25) is 0 Å². The normalized spacial score (nSPS) is 10.3. The van der Waals surface area contributed by atoms with Crippen LogP contribution in [0.4, 0.5) is 0 Å². The zero-order valence-electron chi connectivity index (χ0n) is 11.8. The molecule has 0 aliphatic heterocycles. The molecule has 20 heavy (non-hydrogen) atoms. The number of hydrogen-bond acceptors (Lipinski definition) is 2. The topological polar surface area (TPSA) is 34.1 Å². The molecular formula is C18H18O2. The van der Waals surface area contributed by atoms with Crippen LogP contribution in [0.5, 0.6) is 0 Å². The molecule has 0 aliphatic carbocycles. The molecule has 0 amide bonds. The largest absolute Gasteiger partial charge is 0.294 e. The van der Waals surface area contributed by atoms with Gasteiger partial charge in [-0.1, -0.05) is 59.7 Å². The lowest BCUT2D eigenvalue weighted by molar-refractivity contribution is 0.0917. The first-order valence-electron chi connectivity index (χ1n) is 6.76. The van der Waals surface area contributed by atoms with Crippen molar-refractivity contribution in [2.45, 2.75) is 26.7 Å². The van der Waals surface area contributed by atoms with Crippen molar-refractivity contribution >= 4 is 11.6 Å². The fourth-order valence-electron chi connectivity index (χ4n) is 1.99. The molecule has 0 atom stereocenters. The van der Waals surface area contributed by atoms with E-state index >= 15 is 0 Å². The van der Waals surface area contributed by atoms with Crippen LogP contribution in [0.15, 0.2) is 48.5 Å². The summed E-state index contributed by atoms with van der Waals surface area (Å²) in [5, 5.41) is 0. The summed E-state index contributed by atoms with van der Waals surface area (Å²) in [7, 11) is 0. The van der Waals surface area contributed by atoms with E-state index in [0.717, 1.165) is 11.1 Å². The third-order valence-corrected chi connectivity index (χ3v) is 3.33. The average molecular weight is 266 g/mol. The fourth-order valence-corrected chi connectivity index (χ4v) is 1.99. The van der Waals surface area contributed by atoms with Crippen LogP contribution in [-0.2, 0) is 0 Å². The Morgan fingerprint density at radius 2 is 0.950 bits per heavy atom. The Hall–Kier alpha value is -2.22. The molecule has 0 saturated carbocycles. The number of hydrogen-bond donors (Lipinski definition) is 0. The molecule has 0 aliphatic rings. The van der Waals surface area contributed by atoms with Crippen molar-refractivity contribution in [3.05, 3.63) is 70.8 Å². The Morgan fingerprint density at radius 3 is 1.25 bits per heavy atom. The molecule has 2 rings (SSSR count). The molecule has 0 fully saturated rings. The van der Waals surface area contributed by atoms with Gasteiger partial charge in [0.1, 0.15) is 0 Å². The van der Waals surface area contributed by atoms with Gasteiger partial charge in [-0.05, 0) is 13.8 Å². The predicted octanol–water partition coefficient (Wildman–Crippen LogP) is 4.15. The minimum atomic E-state index is 0.0189. The monoisotopic (exact) mass is 266 g/mol. The quantitative estimate of drug-likeness (QED) is 0.762. The van der Waals surface area contributed by atoms with Crippen LogP contribution in [-0.4, -0.2) is 11.6 Å². The smallest absolute Gasteiger partial charge is 0.163 e. The van der Waals surface area contributed by atoms with Crippen molar-refractivity contribution in [2.75, 3.05) is 0 Å². The standard InChI is InChI=1S/C18H18O2/c1-13-3-7-15(8-4-13)17(19)11-12-18(20)16-9-5-14(2)6-10-16/h3-10H,11-12H2,1-2H3. The Bertz CT molecular complexity index is 549. The second kappa shape index (κ2) is 6.29. The van der Waals surface area contributed by atoms with Gasteiger partial charge < -0.3 is 0 Å². The van der Waals surface area contributed by atoms with E-state index in [1.165, 1.54) is 0 Å². The average Bonchev–Trinajstić information content (AvgIpc) is 2.46. The minimum absolute atomic E-state index is 0.0189. The lowest BCUT2D eigenvalue weighted by Gasteiger charge is -2.03. The molecule has 2 aromatic rings. The van der Waals surface area contributed by atoms with Crippen molar-refractivity contribution in [3.8, 4) is 0 Å². The van der Waals surface area contributed by atoms with Gasteiger partial charge >= 0.3 is 0 Å². The molecule has 0 unspecified atom stereocenters. The molecule has 2 aromatic carbocycles. The van der Waals surface area contributed by atoms with E-state index in [-0.39, 0.29) is 24.4 Å². The van der Waals surface area contributed by atoms with E-state index in [1.807, 2.05) is 62.4 Å². The van der Waals surface area contributed by atoms with Crippen molar-refractivity contribution in [1.29, 1.82) is 0 Å². The number of rotatable bonds is 5. The van der Waals surface area contributed by atoms with E-state index < -0.39 is 0 Å². The summed E-state index contributed by atoms with van der Waals surface area (Å²) in [5.74, 6) is 0.0379. The molecule has 0 radical (unpaired) electrons. The van der Waals surface area contributed by atoms with E-state index in [2.05, 4.69) is 0 Å². The molecule has 0 spiro atoms. The number of ketones is 2. The maximum Gasteiger partial charge on any atom is 0.163 e. The van der Waals surface area contributed by atoms with Crippen molar-refractivity contribution in [1.82, 2.24) is 0 Å². The Kier molecular flexibility index (Phi) is 4.46. The van der Waals surface area contributed by atoms with Gasteiger partial charge in [0.05, 0.1) is 0 Å². The van der Waals surface area contributed by atoms with Gasteiger partial charge in [0.25, 0.3) is 0 Å². The molecule has 0 heterocycles. The zero-order chi connectivity index (χ0) is 14.5. The molecule has 2 heteroatoms. The summed E-state index contributed by atoms with van der Waals surface area (Å²) in [6.45, 7) is 3.96. The third-order valence-electron chi connectivity index (χ3n) is 3.33. The van der Waals surface area contributed by atoms with Gasteiger partial charge in [0, 0.05) is 24.0 Å². The highest BCUT2D eigenvalue weighted by Crippen LogP contribution is 2.11. The first-order chi connectivity index (χ1) is 9.56. The summed E-state index contributed by atoms with van der Waals surface area (Å²) in [4.78, 5) is 24.0. The summed E-state index contributed by atoms with van der Waals surface area (Å²) >= 11 is 0. The van der Waals surface area contributed by atoms with Crippen LogP contribution >= 0.6 is 0 Å². The Balaban J connectivity index is 1.94. The number of carbonyl (C=O) groups is 2. The second-order valence-corrected chi connectivity index (χ2v) is 5.08. The molecule has 0 bridgehead atoms. The van der Waals surface area contributed by atoms with Crippen molar-refractivity contribution in [3.63, 3.8) is 0 Å². The van der Waals surface area contributed by atoms with Crippen LogP contribution in [0.1, 0.15) is 44.7 Å². The molecular weight excluding hydrogens is 248 g/mol. The van der Waals surface area contributed by atoms with Crippen LogP contribution in [0.3, 0.4) is 0 Å². The summed E-state index contributed by atoms with van der Waals surface area (Å²) < 4.78 is 0. The summed E-state index contributed by atoms with van der Waals surface area (Å²) in [5.41, 5.74) is 3.59. The number of benzene rings is 2. The molecule has 0 N–H and O–H groups in total. The predicted molar refractivity (Wildman–Crippen MR) is 80.3 cm³/mol. The number of aryl methyl sites for hydroxylation is 2. The fraction of sp³-hybridized carbons (Fsp3) is 0.222. The van der Waals surface area contributed by atoms with Gasteiger partial charge in [0.2, 0.25) is 0 Å². The van der Waals surface area contributed by atoms with Gasteiger partial charge in [-0.25, -0.2) is 0 Å². The maximum atomic E-state index is 12.0. The minimum Gasteiger partial charge on any atom is -0.294 e. The Morgan fingerprint density at radius 1 is 0.650 bits per heavy atom. The van der Waals surface area contributed by atoms with E-state index in [9.17, 15) is 9.59 Å². The molecule has 2 nitrogen and oxygen atoms in total. The highest BCUT2D eigenvalue weighted by molar-refractivity contribution is 6.02. The van der Waals surface area contributed by atoms with Gasteiger partial charge in [-0.15, -0.1) is 0 Å². The van der Waals surface area contributed by atoms with Crippen LogP contribution in [0.25, 0.3) is 0 Å². The Labute approximate surface area is 119 Å². The lowest BCUT2D eigenvalue weighted by Crippen LogP contribution is -2.05.